The summed E-state index contributed by atoms with van der Waals surface area (Å²) in [5.74, 6) is 0. The van der Waals surface area contributed by atoms with Crippen LogP contribution in [0.4, 0.5) is 0 Å². The largest absolute Gasteiger partial charge is 0.363 e. The van der Waals surface area contributed by atoms with E-state index in [0.29, 0.717) is 10.7 Å². The van der Waals surface area contributed by atoms with Gasteiger partial charge in [0, 0.05) is 19.5 Å². The molecule has 0 bridgehead atoms. The Bertz CT molecular complexity index is 893. The zero-order chi connectivity index (χ0) is 17.4. The molecule has 25 heavy (non-hydrogen) atoms. The Labute approximate surface area is 152 Å². The smallest absolute Gasteiger partial charge is 0.0955 e. The van der Waals surface area contributed by atoms with E-state index in [-0.39, 0.29) is 0 Å². The van der Waals surface area contributed by atoms with Crippen LogP contribution in [-0.2, 0) is 19.5 Å². The first-order valence-corrected chi connectivity index (χ1v) is 8.71. The van der Waals surface area contributed by atoms with Crippen molar-refractivity contribution in [3.63, 3.8) is 0 Å². The van der Waals surface area contributed by atoms with Gasteiger partial charge in [-0.05, 0) is 18.1 Å². The number of benzene rings is 1. The van der Waals surface area contributed by atoms with Gasteiger partial charge < -0.3 is 9.47 Å². The van der Waals surface area contributed by atoms with E-state index in [4.69, 9.17) is 11.6 Å². The third-order valence-electron chi connectivity index (χ3n) is 4.81. The van der Waals surface area contributed by atoms with E-state index < -0.39 is 0 Å². The Balaban J connectivity index is 1.62. The maximum Gasteiger partial charge on any atom is 0.0955 e. The SMILES string of the molecule is C=C1NN=CC(N2CCc3ncn(Cc4ccccc4C)c3C2)=C1Cl. The van der Waals surface area contributed by atoms with E-state index in [1.807, 2.05) is 6.33 Å². The first kappa shape index (κ1) is 16.0. The topological polar surface area (TPSA) is 45.5 Å². The van der Waals surface area contributed by atoms with Crippen LogP contribution >= 0.6 is 11.6 Å². The minimum absolute atomic E-state index is 0.628. The van der Waals surface area contributed by atoms with Gasteiger partial charge in [0.2, 0.25) is 0 Å². The molecular formula is C19H20ClN5. The Morgan fingerprint density at radius 3 is 3.00 bits per heavy atom. The van der Waals surface area contributed by atoms with Gasteiger partial charge in [-0.2, -0.15) is 5.10 Å². The van der Waals surface area contributed by atoms with Gasteiger partial charge in [0.15, 0.2) is 0 Å². The molecule has 6 heteroatoms. The van der Waals surface area contributed by atoms with Gasteiger partial charge in [-0.25, -0.2) is 4.98 Å². The molecule has 0 amide bonds. The molecule has 1 aromatic heterocycles. The van der Waals surface area contributed by atoms with Crippen molar-refractivity contribution in [3.8, 4) is 0 Å². The number of fused-ring (bicyclic) bond motifs is 1. The van der Waals surface area contributed by atoms with Gasteiger partial charge in [-0.15, -0.1) is 0 Å². The summed E-state index contributed by atoms with van der Waals surface area (Å²) in [6, 6.07) is 8.47. The highest BCUT2D eigenvalue weighted by Gasteiger charge is 2.25. The van der Waals surface area contributed by atoms with Crippen molar-refractivity contribution in [1.29, 1.82) is 0 Å². The van der Waals surface area contributed by atoms with Crippen LogP contribution in [0.2, 0.25) is 0 Å². The lowest BCUT2D eigenvalue weighted by Crippen LogP contribution is -2.34. The standard InChI is InChI=1S/C19H20ClN5/c1-13-5-3-4-6-15(13)10-25-12-21-16-7-8-24(11-18(16)25)17-9-22-23-14(2)19(17)20/h3-6,9,12,23H,2,7-8,10-11H2,1H3. The van der Waals surface area contributed by atoms with E-state index in [1.54, 1.807) is 6.21 Å². The van der Waals surface area contributed by atoms with E-state index in [1.165, 1.54) is 22.5 Å². The molecule has 0 saturated carbocycles. The van der Waals surface area contributed by atoms with Crippen LogP contribution in [0.15, 0.2) is 58.7 Å². The number of rotatable bonds is 3. The molecule has 0 saturated heterocycles. The summed E-state index contributed by atoms with van der Waals surface area (Å²) in [7, 11) is 0. The first-order chi connectivity index (χ1) is 12.1. The minimum Gasteiger partial charge on any atom is -0.363 e. The van der Waals surface area contributed by atoms with Crippen LogP contribution in [0.25, 0.3) is 0 Å². The number of aryl methyl sites for hydroxylation is 1. The summed E-state index contributed by atoms with van der Waals surface area (Å²) in [5, 5.41) is 4.76. The van der Waals surface area contributed by atoms with Crippen LogP contribution < -0.4 is 5.43 Å². The van der Waals surface area contributed by atoms with E-state index in [9.17, 15) is 0 Å². The summed E-state index contributed by atoms with van der Waals surface area (Å²) in [6.07, 6.45) is 4.62. The molecule has 0 spiro atoms. The van der Waals surface area contributed by atoms with Crippen LogP contribution in [0.1, 0.15) is 22.5 Å². The van der Waals surface area contributed by atoms with Gasteiger partial charge in [-0.1, -0.05) is 42.4 Å². The highest BCUT2D eigenvalue weighted by atomic mass is 35.5. The molecule has 0 atom stereocenters. The average molecular weight is 354 g/mol. The van der Waals surface area contributed by atoms with Crippen LogP contribution in [0.5, 0.6) is 0 Å². The lowest BCUT2D eigenvalue weighted by molar-refractivity contribution is 0.324. The van der Waals surface area contributed by atoms with E-state index in [0.717, 1.165) is 31.8 Å². The third-order valence-corrected chi connectivity index (χ3v) is 5.23. The minimum atomic E-state index is 0.628. The second-order valence-corrected chi connectivity index (χ2v) is 6.79. The van der Waals surface area contributed by atoms with Crippen molar-refractivity contribution in [2.75, 3.05) is 6.54 Å². The Kier molecular flexibility index (Phi) is 4.09. The molecular weight excluding hydrogens is 334 g/mol. The van der Waals surface area contributed by atoms with Gasteiger partial charge in [-0.3, -0.25) is 5.43 Å². The molecule has 2 aliphatic heterocycles. The number of nitrogens with zero attached hydrogens (tertiary/aromatic N) is 4. The molecule has 2 aromatic rings. The van der Waals surface area contributed by atoms with Gasteiger partial charge in [0.25, 0.3) is 0 Å². The lowest BCUT2D eigenvalue weighted by atomic mass is 10.1. The molecule has 3 heterocycles. The second kappa shape index (κ2) is 6.41. The summed E-state index contributed by atoms with van der Waals surface area (Å²) in [4.78, 5) is 6.87. The van der Waals surface area contributed by atoms with Crippen molar-refractivity contribution < 1.29 is 0 Å². The number of aromatic nitrogens is 2. The molecule has 2 aliphatic rings. The normalized spacial score (nSPS) is 16.9. The number of allylic oxidation sites excluding steroid dienone is 2. The fraction of sp³-hybridized carbons (Fsp3) is 0.263. The first-order valence-electron chi connectivity index (χ1n) is 8.34. The molecule has 1 aromatic carbocycles. The summed E-state index contributed by atoms with van der Waals surface area (Å²) in [6.45, 7) is 8.52. The van der Waals surface area contributed by atoms with Crippen LogP contribution in [0.3, 0.4) is 0 Å². The van der Waals surface area contributed by atoms with Crippen molar-refractivity contribution in [2.45, 2.75) is 26.4 Å². The fourth-order valence-electron chi connectivity index (χ4n) is 3.31. The summed E-state index contributed by atoms with van der Waals surface area (Å²) in [5.41, 5.74) is 9.38. The number of hydrazone groups is 1. The number of hydrogen-bond donors (Lipinski definition) is 1. The molecule has 1 N–H and O–H groups in total. The zero-order valence-electron chi connectivity index (χ0n) is 14.2. The van der Waals surface area contributed by atoms with Crippen LogP contribution in [0, 0.1) is 6.92 Å². The predicted octanol–water partition coefficient (Wildman–Crippen LogP) is 3.15. The molecule has 0 radical (unpaired) electrons. The Morgan fingerprint density at radius 2 is 2.16 bits per heavy atom. The van der Waals surface area contributed by atoms with Gasteiger partial charge in [0.1, 0.15) is 0 Å². The lowest BCUT2D eigenvalue weighted by Gasteiger charge is -2.32. The molecule has 4 rings (SSSR count). The number of hydrogen-bond acceptors (Lipinski definition) is 4. The maximum atomic E-state index is 6.42. The molecule has 0 fully saturated rings. The van der Waals surface area contributed by atoms with Gasteiger partial charge >= 0.3 is 0 Å². The zero-order valence-corrected chi connectivity index (χ0v) is 14.9. The van der Waals surface area contributed by atoms with Crippen molar-refractivity contribution in [1.82, 2.24) is 19.9 Å². The molecule has 0 unspecified atom stereocenters. The van der Waals surface area contributed by atoms with E-state index >= 15 is 0 Å². The Hall–Kier alpha value is -2.53. The highest BCUT2D eigenvalue weighted by Crippen LogP contribution is 2.27. The number of imidazole rings is 1. The van der Waals surface area contributed by atoms with Gasteiger partial charge in [0.05, 0.1) is 46.9 Å². The molecule has 5 nitrogen and oxygen atoms in total. The van der Waals surface area contributed by atoms with Crippen molar-refractivity contribution >= 4 is 17.8 Å². The molecule has 128 valence electrons. The number of nitrogens with one attached hydrogen (secondary N) is 1. The second-order valence-electron chi connectivity index (χ2n) is 6.41. The fourth-order valence-corrected chi connectivity index (χ4v) is 3.52. The predicted molar refractivity (Wildman–Crippen MR) is 100 cm³/mol. The van der Waals surface area contributed by atoms with Crippen molar-refractivity contribution in [3.05, 3.63) is 76.1 Å². The number of halogens is 1. The van der Waals surface area contributed by atoms with Crippen molar-refractivity contribution in [2.24, 2.45) is 5.10 Å². The summed E-state index contributed by atoms with van der Waals surface area (Å²) < 4.78 is 2.24. The summed E-state index contributed by atoms with van der Waals surface area (Å²) >= 11 is 6.42. The monoisotopic (exact) mass is 353 g/mol. The highest BCUT2D eigenvalue weighted by molar-refractivity contribution is 6.33. The Morgan fingerprint density at radius 1 is 1.32 bits per heavy atom. The molecule has 0 aliphatic carbocycles. The maximum absolute atomic E-state index is 6.42. The average Bonchev–Trinajstić information content (AvgIpc) is 3.01. The third kappa shape index (κ3) is 2.96. The quantitative estimate of drug-likeness (QED) is 0.922. The van der Waals surface area contributed by atoms with Crippen LogP contribution in [-0.4, -0.2) is 27.2 Å². The van der Waals surface area contributed by atoms with E-state index in [2.05, 4.69) is 62.7 Å².